The van der Waals surface area contributed by atoms with Gasteiger partial charge in [-0.1, -0.05) is 39.6 Å². The van der Waals surface area contributed by atoms with Crippen LogP contribution in [0.3, 0.4) is 0 Å². The van der Waals surface area contributed by atoms with Gasteiger partial charge in [0.05, 0.1) is 5.56 Å². The molecule has 110 valence electrons. The van der Waals surface area contributed by atoms with Gasteiger partial charge in [0.25, 0.3) is 0 Å². The van der Waals surface area contributed by atoms with Crippen LogP contribution in [0.2, 0.25) is 0 Å². The zero-order valence-corrected chi connectivity index (χ0v) is 13.1. The van der Waals surface area contributed by atoms with Crippen LogP contribution in [-0.4, -0.2) is 12.1 Å². The smallest absolute Gasteiger partial charge is 0.190 e. The summed E-state index contributed by atoms with van der Waals surface area (Å²) < 4.78 is 11.8. The summed E-state index contributed by atoms with van der Waals surface area (Å²) in [4.78, 5) is 0. The minimum atomic E-state index is -0.846. The summed E-state index contributed by atoms with van der Waals surface area (Å²) in [6, 6.07) is 14.2. The van der Waals surface area contributed by atoms with Gasteiger partial charge in [-0.3, -0.25) is 5.73 Å². The van der Waals surface area contributed by atoms with Crippen molar-refractivity contribution >= 4 is 27.0 Å². The Bertz CT molecular complexity index is 794. The minimum Gasteiger partial charge on any atom is -0.487 e. The molecular formula is C18H16NO2P. The molecule has 3 nitrogen and oxygen atoms in total. The van der Waals surface area contributed by atoms with E-state index < -0.39 is 5.47 Å². The number of hydrogen-bond acceptors (Lipinski definition) is 3. The third-order valence-electron chi connectivity index (χ3n) is 3.83. The number of rotatable bonds is 1. The van der Waals surface area contributed by atoms with E-state index in [2.05, 4.69) is 27.4 Å². The maximum Gasteiger partial charge on any atom is 0.190 e. The number of ether oxygens (including phenoxy) is 2. The van der Waals surface area contributed by atoms with Crippen molar-refractivity contribution in [1.82, 2.24) is 0 Å². The summed E-state index contributed by atoms with van der Waals surface area (Å²) in [6.07, 6.45) is 5.96. The molecule has 0 saturated carbocycles. The van der Waals surface area contributed by atoms with Crippen molar-refractivity contribution in [1.29, 1.82) is 0 Å². The van der Waals surface area contributed by atoms with E-state index in [1.54, 1.807) is 0 Å². The molecule has 0 aromatic heterocycles. The van der Waals surface area contributed by atoms with Crippen molar-refractivity contribution in [2.45, 2.75) is 5.47 Å². The van der Waals surface area contributed by atoms with Gasteiger partial charge >= 0.3 is 0 Å². The van der Waals surface area contributed by atoms with E-state index in [4.69, 9.17) is 15.2 Å². The molecule has 2 aromatic carbocycles. The monoisotopic (exact) mass is 309 g/mol. The van der Waals surface area contributed by atoms with Crippen LogP contribution in [0.1, 0.15) is 16.7 Å². The fourth-order valence-corrected chi connectivity index (χ4v) is 2.98. The quantitative estimate of drug-likeness (QED) is 0.820. The second-order valence-electron chi connectivity index (χ2n) is 5.51. The molecule has 0 spiro atoms. The standard InChI is InChI=1S/C18H16NO2P/c19-18(22)9-8-15-16(21-18)7-6-13-10-14(11-20-17(13)15)12-4-2-1-3-5-12/h1-10H,11,19,22H2. The summed E-state index contributed by atoms with van der Waals surface area (Å²) >= 11 is 0. The first-order valence-corrected chi connectivity index (χ1v) is 7.72. The molecule has 2 heterocycles. The molecule has 2 aliphatic heterocycles. The number of nitrogens with two attached hydrogens (primary N) is 1. The second kappa shape index (κ2) is 4.98. The molecule has 0 saturated heterocycles. The maximum absolute atomic E-state index is 6.01. The molecule has 4 rings (SSSR count). The largest absolute Gasteiger partial charge is 0.487 e. The van der Waals surface area contributed by atoms with E-state index in [1.807, 2.05) is 42.5 Å². The Hall–Kier alpha value is -2.09. The Kier molecular flexibility index (Phi) is 3.07. The van der Waals surface area contributed by atoms with Gasteiger partial charge in [-0.05, 0) is 41.5 Å². The first-order chi connectivity index (χ1) is 10.6. The molecule has 2 aromatic rings. The Labute approximate surface area is 131 Å². The topological polar surface area (TPSA) is 44.5 Å². The first-order valence-electron chi connectivity index (χ1n) is 7.14. The fourth-order valence-electron chi connectivity index (χ4n) is 2.76. The van der Waals surface area contributed by atoms with Gasteiger partial charge in [0.2, 0.25) is 0 Å². The molecule has 0 fully saturated rings. The van der Waals surface area contributed by atoms with E-state index in [1.165, 1.54) is 11.1 Å². The average molecular weight is 309 g/mol. The van der Waals surface area contributed by atoms with Gasteiger partial charge < -0.3 is 9.47 Å². The molecule has 2 N–H and O–H groups in total. The first kappa shape index (κ1) is 13.6. The summed E-state index contributed by atoms with van der Waals surface area (Å²) in [6.45, 7) is 0.552. The predicted molar refractivity (Wildman–Crippen MR) is 92.5 cm³/mol. The summed E-state index contributed by atoms with van der Waals surface area (Å²) in [5.41, 5.74) is 9.49. The van der Waals surface area contributed by atoms with Crippen LogP contribution in [0.15, 0.2) is 48.5 Å². The second-order valence-corrected chi connectivity index (χ2v) is 6.41. The fraction of sp³-hybridized carbons (Fsp3) is 0.111. The highest BCUT2D eigenvalue weighted by molar-refractivity contribution is 7.18. The Morgan fingerprint density at radius 1 is 1.09 bits per heavy atom. The maximum atomic E-state index is 6.01. The lowest BCUT2D eigenvalue weighted by Gasteiger charge is -2.29. The van der Waals surface area contributed by atoms with Crippen LogP contribution < -0.4 is 15.2 Å². The normalized spacial score (nSPS) is 22.0. The number of hydrogen-bond donors (Lipinski definition) is 1. The molecule has 2 unspecified atom stereocenters. The van der Waals surface area contributed by atoms with Gasteiger partial charge in [0.1, 0.15) is 18.1 Å². The third kappa shape index (κ3) is 2.33. The van der Waals surface area contributed by atoms with Gasteiger partial charge in [-0.25, -0.2) is 0 Å². The molecular weight excluding hydrogens is 293 g/mol. The molecule has 0 radical (unpaired) electrons. The zero-order chi connectivity index (χ0) is 15.2. The molecule has 2 atom stereocenters. The van der Waals surface area contributed by atoms with E-state index in [-0.39, 0.29) is 0 Å². The minimum absolute atomic E-state index is 0.552. The van der Waals surface area contributed by atoms with E-state index >= 15 is 0 Å². The van der Waals surface area contributed by atoms with E-state index in [9.17, 15) is 0 Å². The van der Waals surface area contributed by atoms with Crippen LogP contribution >= 0.6 is 9.24 Å². The van der Waals surface area contributed by atoms with Crippen molar-refractivity contribution in [3.63, 3.8) is 0 Å². The highest BCUT2D eigenvalue weighted by atomic mass is 31.0. The summed E-state index contributed by atoms with van der Waals surface area (Å²) in [5.74, 6) is 1.60. The Balaban J connectivity index is 1.78. The Morgan fingerprint density at radius 3 is 2.73 bits per heavy atom. The molecule has 0 aliphatic carbocycles. The molecule has 22 heavy (non-hydrogen) atoms. The number of benzene rings is 2. The van der Waals surface area contributed by atoms with Gasteiger partial charge in [-0.2, -0.15) is 0 Å². The van der Waals surface area contributed by atoms with Crippen molar-refractivity contribution < 1.29 is 9.47 Å². The van der Waals surface area contributed by atoms with E-state index in [0.29, 0.717) is 6.61 Å². The van der Waals surface area contributed by atoms with Crippen molar-refractivity contribution in [3.8, 4) is 11.5 Å². The van der Waals surface area contributed by atoms with Crippen molar-refractivity contribution in [2.75, 3.05) is 6.61 Å². The third-order valence-corrected chi connectivity index (χ3v) is 4.14. The highest BCUT2D eigenvalue weighted by Crippen LogP contribution is 2.42. The summed E-state index contributed by atoms with van der Waals surface area (Å²) in [7, 11) is 2.49. The van der Waals surface area contributed by atoms with Crippen LogP contribution in [0, 0.1) is 0 Å². The predicted octanol–water partition coefficient (Wildman–Crippen LogP) is 3.51. The van der Waals surface area contributed by atoms with Crippen molar-refractivity contribution in [3.05, 3.63) is 65.2 Å². The number of fused-ring (bicyclic) bond motifs is 3. The zero-order valence-electron chi connectivity index (χ0n) is 12.0. The van der Waals surface area contributed by atoms with Gasteiger partial charge in [-0.15, -0.1) is 0 Å². The highest BCUT2D eigenvalue weighted by Gasteiger charge is 2.26. The Morgan fingerprint density at radius 2 is 1.91 bits per heavy atom. The molecule has 4 heteroatoms. The average Bonchev–Trinajstić information content (AvgIpc) is 2.54. The van der Waals surface area contributed by atoms with Crippen LogP contribution in [0.25, 0.3) is 17.7 Å². The summed E-state index contributed by atoms with van der Waals surface area (Å²) in [5, 5.41) is 0. The molecule has 0 amide bonds. The van der Waals surface area contributed by atoms with Gasteiger partial charge in [0.15, 0.2) is 5.47 Å². The lowest BCUT2D eigenvalue weighted by molar-refractivity contribution is 0.217. The SMILES string of the molecule is NC1(P)C=Cc2c(ccc3c2OCC(c2ccccc2)=C3)O1. The lowest BCUT2D eigenvalue weighted by Crippen LogP contribution is -2.38. The van der Waals surface area contributed by atoms with Crippen LogP contribution in [-0.2, 0) is 0 Å². The van der Waals surface area contributed by atoms with Crippen molar-refractivity contribution in [2.24, 2.45) is 5.73 Å². The van der Waals surface area contributed by atoms with Crippen LogP contribution in [0.5, 0.6) is 11.5 Å². The molecule has 0 bridgehead atoms. The van der Waals surface area contributed by atoms with Crippen LogP contribution in [0.4, 0.5) is 0 Å². The van der Waals surface area contributed by atoms with E-state index in [0.717, 1.165) is 22.6 Å². The molecule has 2 aliphatic rings. The lowest BCUT2D eigenvalue weighted by atomic mass is 9.98. The van der Waals surface area contributed by atoms with Gasteiger partial charge in [0, 0.05) is 5.56 Å².